The Bertz CT molecular complexity index is 693. The van der Waals surface area contributed by atoms with Crippen molar-refractivity contribution in [2.75, 3.05) is 5.73 Å². The van der Waals surface area contributed by atoms with E-state index in [1.165, 1.54) is 0 Å². The van der Waals surface area contributed by atoms with Gasteiger partial charge in [0.1, 0.15) is 11.6 Å². The first-order chi connectivity index (χ1) is 8.15. The van der Waals surface area contributed by atoms with Crippen LogP contribution in [-0.4, -0.2) is 24.7 Å². The Balaban J connectivity index is 2.21. The molecule has 0 unspecified atom stereocenters. The first-order valence-electron chi connectivity index (χ1n) is 5.26. The van der Waals surface area contributed by atoms with Crippen LogP contribution < -0.4 is 5.73 Å². The number of nitrogen functional groups attached to an aromatic ring is 1. The molecule has 86 valence electrons. The fourth-order valence-corrected chi connectivity index (χ4v) is 1.74. The van der Waals surface area contributed by atoms with Gasteiger partial charge in [0.2, 0.25) is 0 Å². The van der Waals surface area contributed by atoms with Crippen molar-refractivity contribution in [3.05, 3.63) is 24.0 Å². The van der Waals surface area contributed by atoms with Gasteiger partial charge < -0.3 is 10.7 Å². The molecule has 3 N–H and O–H groups in total. The first kappa shape index (κ1) is 9.83. The van der Waals surface area contributed by atoms with E-state index in [0.717, 1.165) is 16.8 Å². The third-order valence-electron chi connectivity index (χ3n) is 2.72. The van der Waals surface area contributed by atoms with Crippen LogP contribution in [0.2, 0.25) is 0 Å². The van der Waals surface area contributed by atoms with Gasteiger partial charge in [-0.15, -0.1) is 0 Å². The van der Waals surface area contributed by atoms with Gasteiger partial charge in [-0.2, -0.15) is 5.10 Å². The third-order valence-corrected chi connectivity index (χ3v) is 2.72. The lowest BCUT2D eigenvalue weighted by molar-refractivity contribution is 0.779. The number of anilines is 1. The highest BCUT2D eigenvalue weighted by molar-refractivity contribution is 5.78. The van der Waals surface area contributed by atoms with Gasteiger partial charge in [0.25, 0.3) is 0 Å². The fourth-order valence-electron chi connectivity index (χ4n) is 1.74. The molecule has 0 atom stereocenters. The van der Waals surface area contributed by atoms with Crippen molar-refractivity contribution in [3.8, 4) is 11.4 Å². The van der Waals surface area contributed by atoms with E-state index in [1.54, 1.807) is 17.9 Å². The summed E-state index contributed by atoms with van der Waals surface area (Å²) in [6.07, 6.45) is 1.69. The molecule has 0 aromatic carbocycles. The molecule has 3 heterocycles. The number of hydrogen-bond acceptors (Lipinski definition) is 4. The number of aromatic amines is 1. The molecule has 0 saturated carbocycles. The minimum Gasteiger partial charge on any atom is -0.383 e. The second kappa shape index (κ2) is 3.31. The highest BCUT2D eigenvalue weighted by Gasteiger charge is 2.12. The number of rotatable bonds is 1. The molecule has 0 spiro atoms. The molecule has 3 rings (SSSR count). The number of aryl methyl sites for hydroxylation is 2. The zero-order valence-corrected chi connectivity index (χ0v) is 9.60. The molecule has 0 radical (unpaired) electrons. The maximum absolute atomic E-state index is 5.91. The van der Waals surface area contributed by atoms with Crippen molar-refractivity contribution in [2.45, 2.75) is 6.92 Å². The van der Waals surface area contributed by atoms with Crippen LogP contribution in [0.1, 0.15) is 5.69 Å². The quantitative estimate of drug-likeness (QED) is 0.656. The van der Waals surface area contributed by atoms with Gasteiger partial charge in [-0.1, -0.05) is 0 Å². The monoisotopic (exact) mass is 228 g/mol. The number of hydrogen-bond donors (Lipinski definition) is 2. The Hall–Kier alpha value is -2.37. The summed E-state index contributed by atoms with van der Waals surface area (Å²) in [7, 11) is 1.80. The largest absolute Gasteiger partial charge is 0.383 e. The summed E-state index contributed by atoms with van der Waals surface area (Å²) < 4.78 is 1.61. The highest BCUT2D eigenvalue weighted by Crippen LogP contribution is 2.24. The molecule has 0 aliphatic heterocycles. The minimum absolute atomic E-state index is 0.584. The molecule has 6 nitrogen and oxygen atoms in total. The average molecular weight is 228 g/mol. The maximum atomic E-state index is 5.91. The summed E-state index contributed by atoms with van der Waals surface area (Å²) >= 11 is 0. The zero-order valence-electron chi connectivity index (χ0n) is 9.60. The third kappa shape index (κ3) is 1.45. The molecule has 0 aliphatic carbocycles. The number of H-pyrrole nitrogens is 1. The molecule has 3 aromatic rings. The van der Waals surface area contributed by atoms with E-state index in [1.807, 2.05) is 19.1 Å². The number of nitrogens with two attached hydrogens (primary N) is 1. The van der Waals surface area contributed by atoms with Gasteiger partial charge in [-0.3, -0.25) is 4.68 Å². The Morgan fingerprint density at radius 2 is 2.12 bits per heavy atom. The minimum atomic E-state index is 0.584. The van der Waals surface area contributed by atoms with Crippen LogP contribution in [0.15, 0.2) is 18.3 Å². The molecule has 6 heteroatoms. The first-order valence-corrected chi connectivity index (χ1v) is 5.26. The van der Waals surface area contributed by atoms with Gasteiger partial charge in [-0.05, 0) is 19.1 Å². The van der Waals surface area contributed by atoms with Crippen LogP contribution >= 0.6 is 0 Å². The molecular formula is C11H12N6. The van der Waals surface area contributed by atoms with Crippen molar-refractivity contribution < 1.29 is 0 Å². The maximum Gasteiger partial charge on any atom is 0.178 e. The fraction of sp³-hybridized carbons (Fsp3) is 0.182. The molecule has 0 saturated heterocycles. The van der Waals surface area contributed by atoms with E-state index < -0.39 is 0 Å². The number of aromatic nitrogens is 5. The van der Waals surface area contributed by atoms with Crippen LogP contribution in [0.5, 0.6) is 0 Å². The van der Waals surface area contributed by atoms with Crippen molar-refractivity contribution in [2.24, 2.45) is 7.05 Å². The van der Waals surface area contributed by atoms with E-state index in [2.05, 4.69) is 20.1 Å². The number of imidazole rings is 1. The van der Waals surface area contributed by atoms with E-state index in [0.29, 0.717) is 17.3 Å². The second-order valence-electron chi connectivity index (χ2n) is 3.98. The summed E-state index contributed by atoms with van der Waals surface area (Å²) in [5.74, 6) is 1.28. The van der Waals surface area contributed by atoms with Crippen molar-refractivity contribution in [3.63, 3.8) is 0 Å². The highest BCUT2D eigenvalue weighted by atomic mass is 15.3. The summed E-state index contributed by atoms with van der Waals surface area (Å²) in [5, 5.41) is 4.09. The van der Waals surface area contributed by atoms with Crippen molar-refractivity contribution in [1.29, 1.82) is 0 Å². The summed E-state index contributed by atoms with van der Waals surface area (Å²) in [6, 6.07) is 3.90. The topological polar surface area (TPSA) is 85.4 Å². The molecule has 3 aromatic heterocycles. The lowest BCUT2D eigenvalue weighted by atomic mass is 10.3. The van der Waals surface area contributed by atoms with Gasteiger partial charge in [-0.25, -0.2) is 9.97 Å². The molecule has 0 aliphatic rings. The summed E-state index contributed by atoms with van der Waals surface area (Å²) in [4.78, 5) is 12.0. The molecular weight excluding hydrogens is 216 g/mol. The standard InChI is InChI=1S/C11H12N6/c1-6-3-4-8-11(14-6)16-10(15-8)7-5-13-17(2)9(7)12/h3-5H,12H2,1-2H3,(H,14,15,16). The summed E-state index contributed by atoms with van der Waals surface area (Å²) in [5.41, 5.74) is 9.24. The van der Waals surface area contributed by atoms with Crippen LogP contribution in [0.3, 0.4) is 0 Å². The van der Waals surface area contributed by atoms with Crippen LogP contribution in [0, 0.1) is 6.92 Å². The smallest absolute Gasteiger partial charge is 0.178 e. The summed E-state index contributed by atoms with van der Waals surface area (Å²) in [6.45, 7) is 1.94. The van der Waals surface area contributed by atoms with Gasteiger partial charge in [0, 0.05) is 12.7 Å². The van der Waals surface area contributed by atoms with Crippen molar-refractivity contribution >= 4 is 17.0 Å². The van der Waals surface area contributed by atoms with Crippen LogP contribution in [0.25, 0.3) is 22.6 Å². The number of nitrogens with one attached hydrogen (secondary N) is 1. The Kier molecular flexibility index (Phi) is 1.91. The van der Waals surface area contributed by atoms with Gasteiger partial charge >= 0.3 is 0 Å². The molecule has 0 amide bonds. The molecule has 17 heavy (non-hydrogen) atoms. The SMILES string of the molecule is Cc1ccc2[nH]c(-c3cnn(C)c3N)nc2n1. The predicted molar refractivity (Wildman–Crippen MR) is 65.2 cm³/mol. The number of nitrogens with zero attached hydrogens (tertiary/aromatic N) is 4. The number of pyridine rings is 1. The van der Waals surface area contributed by atoms with Crippen LogP contribution in [0.4, 0.5) is 5.82 Å². The van der Waals surface area contributed by atoms with Gasteiger partial charge in [0.15, 0.2) is 5.65 Å². The van der Waals surface area contributed by atoms with Gasteiger partial charge in [0.05, 0.1) is 17.3 Å². The number of fused-ring (bicyclic) bond motifs is 1. The Morgan fingerprint density at radius 1 is 1.29 bits per heavy atom. The zero-order chi connectivity index (χ0) is 12.0. The van der Waals surface area contributed by atoms with Crippen LogP contribution in [-0.2, 0) is 7.05 Å². The van der Waals surface area contributed by atoms with E-state index in [-0.39, 0.29) is 0 Å². The predicted octanol–water partition coefficient (Wildman–Crippen LogP) is 1.25. The Labute approximate surface area is 97.5 Å². The lowest BCUT2D eigenvalue weighted by Crippen LogP contribution is -1.98. The van der Waals surface area contributed by atoms with E-state index >= 15 is 0 Å². The normalized spacial score (nSPS) is 11.2. The molecule has 0 bridgehead atoms. The second-order valence-corrected chi connectivity index (χ2v) is 3.98. The Morgan fingerprint density at radius 3 is 2.82 bits per heavy atom. The van der Waals surface area contributed by atoms with Crippen molar-refractivity contribution in [1.82, 2.24) is 24.7 Å². The van der Waals surface area contributed by atoms with E-state index in [9.17, 15) is 0 Å². The lowest BCUT2D eigenvalue weighted by Gasteiger charge is -1.95. The average Bonchev–Trinajstić information content (AvgIpc) is 2.83. The molecule has 0 fully saturated rings. The van der Waals surface area contributed by atoms with E-state index in [4.69, 9.17) is 5.73 Å².